The number of benzene rings is 1. The van der Waals surface area contributed by atoms with Gasteiger partial charge in [-0.15, -0.1) is 0 Å². The number of rotatable bonds is 2. The van der Waals surface area contributed by atoms with Crippen molar-refractivity contribution in [3.8, 4) is 5.75 Å². The Balaban J connectivity index is 1.76. The van der Waals surface area contributed by atoms with Gasteiger partial charge in [0.1, 0.15) is 5.75 Å². The monoisotopic (exact) mass is 310 g/mol. The second-order valence-electron chi connectivity index (χ2n) is 7.24. The Morgan fingerprint density at radius 1 is 1.26 bits per heavy atom. The van der Waals surface area contributed by atoms with Crippen molar-refractivity contribution >= 4 is 10.9 Å². The third-order valence-corrected chi connectivity index (χ3v) is 5.74. The second-order valence-corrected chi connectivity index (χ2v) is 7.24. The molecule has 3 nitrogen and oxygen atoms in total. The first-order chi connectivity index (χ1) is 11.2. The van der Waals surface area contributed by atoms with E-state index in [0.717, 1.165) is 24.6 Å². The molecule has 23 heavy (non-hydrogen) atoms. The van der Waals surface area contributed by atoms with E-state index in [1.807, 2.05) is 6.07 Å². The van der Waals surface area contributed by atoms with Gasteiger partial charge in [-0.2, -0.15) is 0 Å². The third-order valence-electron chi connectivity index (χ3n) is 5.74. The molecule has 1 aliphatic carbocycles. The van der Waals surface area contributed by atoms with E-state index in [0.29, 0.717) is 12.0 Å². The van der Waals surface area contributed by atoms with Gasteiger partial charge in [0, 0.05) is 16.6 Å². The molecule has 1 aliphatic heterocycles. The first kappa shape index (κ1) is 14.8. The van der Waals surface area contributed by atoms with Crippen LogP contribution in [0.5, 0.6) is 5.75 Å². The Morgan fingerprint density at radius 3 is 2.91 bits per heavy atom. The van der Waals surface area contributed by atoms with Gasteiger partial charge in [0.2, 0.25) is 0 Å². The number of aromatic amines is 1. The Labute approximate surface area is 138 Å². The molecule has 1 aromatic heterocycles. The van der Waals surface area contributed by atoms with Crippen molar-refractivity contribution in [3.63, 3.8) is 0 Å². The van der Waals surface area contributed by atoms with Crippen LogP contribution in [-0.4, -0.2) is 18.6 Å². The van der Waals surface area contributed by atoms with Crippen molar-refractivity contribution in [2.45, 2.75) is 39.2 Å². The molecule has 4 rings (SSSR count). The van der Waals surface area contributed by atoms with Gasteiger partial charge in [0.15, 0.2) is 0 Å². The summed E-state index contributed by atoms with van der Waals surface area (Å²) in [7, 11) is 1.74. The summed E-state index contributed by atoms with van der Waals surface area (Å²) in [6.07, 6.45) is 5.94. The maximum absolute atomic E-state index is 5.42. The molecule has 1 aromatic carbocycles. The highest BCUT2D eigenvalue weighted by molar-refractivity contribution is 5.86. The number of aromatic nitrogens is 1. The zero-order valence-corrected chi connectivity index (χ0v) is 14.3. The largest absolute Gasteiger partial charge is 0.497 e. The number of methoxy groups -OCH3 is 1. The zero-order valence-electron chi connectivity index (χ0n) is 14.3. The van der Waals surface area contributed by atoms with Crippen LogP contribution in [0.25, 0.3) is 10.9 Å². The molecule has 2 heterocycles. The van der Waals surface area contributed by atoms with E-state index in [2.05, 4.69) is 42.4 Å². The zero-order chi connectivity index (χ0) is 16.0. The Hall–Kier alpha value is -1.74. The van der Waals surface area contributed by atoms with Crippen LogP contribution in [0.1, 0.15) is 44.0 Å². The van der Waals surface area contributed by atoms with E-state index >= 15 is 0 Å². The molecule has 3 atom stereocenters. The van der Waals surface area contributed by atoms with Gasteiger partial charge >= 0.3 is 0 Å². The van der Waals surface area contributed by atoms with Gasteiger partial charge in [-0.05, 0) is 68.3 Å². The molecule has 0 amide bonds. The summed E-state index contributed by atoms with van der Waals surface area (Å²) >= 11 is 0. The van der Waals surface area contributed by atoms with Crippen LogP contribution in [0.3, 0.4) is 0 Å². The Bertz CT molecular complexity index is 758. The summed E-state index contributed by atoms with van der Waals surface area (Å²) in [5.41, 5.74) is 5.68. The summed E-state index contributed by atoms with van der Waals surface area (Å²) in [5.74, 6) is 2.34. The van der Waals surface area contributed by atoms with Crippen LogP contribution in [0.2, 0.25) is 0 Å². The van der Waals surface area contributed by atoms with E-state index < -0.39 is 0 Å². The van der Waals surface area contributed by atoms with Gasteiger partial charge in [0.25, 0.3) is 0 Å². The number of ether oxygens (including phenoxy) is 1. The number of fused-ring (bicyclic) bond motifs is 3. The van der Waals surface area contributed by atoms with Crippen molar-refractivity contribution in [2.24, 2.45) is 11.8 Å². The lowest BCUT2D eigenvalue weighted by atomic mass is 9.74. The summed E-state index contributed by atoms with van der Waals surface area (Å²) in [6.45, 7) is 5.73. The predicted molar refractivity (Wildman–Crippen MR) is 94.9 cm³/mol. The molecule has 0 radical (unpaired) electrons. The number of H-pyrrole nitrogens is 1. The highest BCUT2D eigenvalue weighted by atomic mass is 16.5. The van der Waals surface area contributed by atoms with E-state index in [1.165, 1.54) is 35.0 Å². The van der Waals surface area contributed by atoms with E-state index in [4.69, 9.17) is 4.74 Å². The number of nitrogens with one attached hydrogen (secondary N) is 2. The van der Waals surface area contributed by atoms with Gasteiger partial charge in [-0.3, -0.25) is 0 Å². The molecule has 122 valence electrons. The lowest BCUT2D eigenvalue weighted by Crippen LogP contribution is -2.38. The van der Waals surface area contributed by atoms with Crippen LogP contribution < -0.4 is 10.1 Å². The average molecular weight is 310 g/mol. The summed E-state index contributed by atoms with van der Waals surface area (Å²) in [6, 6.07) is 6.82. The molecule has 2 aliphatic rings. The summed E-state index contributed by atoms with van der Waals surface area (Å²) in [4.78, 5) is 3.71. The van der Waals surface area contributed by atoms with Gasteiger partial charge in [-0.25, -0.2) is 0 Å². The highest BCUT2D eigenvalue weighted by Crippen LogP contribution is 2.42. The van der Waals surface area contributed by atoms with Gasteiger partial charge < -0.3 is 15.0 Å². The molecule has 0 unspecified atom stereocenters. The number of hydrogen-bond acceptors (Lipinski definition) is 2. The van der Waals surface area contributed by atoms with Crippen molar-refractivity contribution < 1.29 is 4.74 Å². The molecule has 2 N–H and O–H groups in total. The highest BCUT2D eigenvalue weighted by Gasteiger charge is 2.34. The first-order valence-electron chi connectivity index (χ1n) is 8.75. The number of allylic oxidation sites excluding steroid dienone is 2. The molecule has 2 aromatic rings. The minimum Gasteiger partial charge on any atom is -0.497 e. The first-order valence-corrected chi connectivity index (χ1v) is 8.75. The third kappa shape index (κ3) is 2.47. The fraction of sp³-hybridized carbons (Fsp3) is 0.500. The molecule has 0 bridgehead atoms. The van der Waals surface area contributed by atoms with Crippen molar-refractivity contribution in [3.05, 3.63) is 41.1 Å². The molecule has 3 heteroatoms. The lowest BCUT2D eigenvalue weighted by molar-refractivity contribution is 0.243. The van der Waals surface area contributed by atoms with E-state index in [9.17, 15) is 0 Å². The molecule has 0 saturated heterocycles. The second kappa shape index (κ2) is 5.72. The van der Waals surface area contributed by atoms with Crippen LogP contribution in [0.4, 0.5) is 0 Å². The Kier molecular flexibility index (Phi) is 3.68. The van der Waals surface area contributed by atoms with E-state index in [1.54, 1.807) is 12.7 Å². The topological polar surface area (TPSA) is 37.0 Å². The van der Waals surface area contributed by atoms with Crippen LogP contribution >= 0.6 is 0 Å². The predicted octanol–water partition coefficient (Wildman–Crippen LogP) is 4.36. The molecule has 0 saturated carbocycles. The van der Waals surface area contributed by atoms with Crippen molar-refractivity contribution in [2.75, 3.05) is 13.7 Å². The molecular weight excluding hydrogens is 284 g/mol. The van der Waals surface area contributed by atoms with Crippen molar-refractivity contribution in [1.29, 1.82) is 0 Å². The lowest BCUT2D eigenvalue weighted by Gasteiger charge is -2.37. The SMILES string of the molecule is COc1ccc2[nH]c3c(c2c1)CCN[C@@H]3[C@@H]1CC=C(C)C[C@H]1C. The smallest absolute Gasteiger partial charge is 0.119 e. The molecule has 0 fully saturated rings. The minimum atomic E-state index is 0.441. The molecule has 0 spiro atoms. The summed E-state index contributed by atoms with van der Waals surface area (Å²) < 4.78 is 5.42. The normalized spacial score (nSPS) is 27.6. The quantitative estimate of drug-likeness (QED) is 0.809. The van der Waals surface area contributed by atoms with Crippen LogP contribution in [0, 0.1) is 11.8 Å². The van der Waals surface area contributed by atoms with Gasteiger partial charge in [0.05, 0.1) is 13.2 Å². The minimum absolute atomic E-state index is 0.441. The maximum Gasteiger partial charge on any atom is 0.119 e. The van der Waals surface area contributed by atoms with Gasteiger partial charge in [-0.1, -0.05) is 18.6 Å². The maximum atomic E-state index is 5.42. The standard InChI is InChI=1S/C20H26N2O/c1-12-4-6-15(13(2)10-12)19-20-16(8-9-21-19)17-11-14(23-3)5-7-18(17)22-20/h4-5,7,11,13,15,19,21-22H,6,8-10H2,1-3H3/t13-,15-,19-/m1/s1. The van der Waals surface area contributed by atoms with Crippen LogP contribution in [0.15, 0.2) is 29.8 Å². The van der Waals surface area contributed by atoms with Crippen molar-refractivity contribution in [1.82, 2.24) is 10.3 Å². The van der Waals surface area contributed by atoms with E-state index in [-0.39, 0.29) is 0 Å². The number of hydrogen-bond donors (Lipinski definition) is 2. The Morgan fingerprint density at radius 2 is 2.13 bits per heavy atom. The summed E-state index contributed by atoms with van der Waals surface area (Å²) in [5, 5.41) is 5.12. The fourth-order valence-corrected chi connectivity index (χ4v) is 4.51. The fourth-order valence-electron chi connectivity index (χ4n) is 4.51. The average Bonchev–Trinajstić information content (AvgIpc) is 2.93. The van der Waals surface area contributed by atoms with Crippen LogP contribution in [-0.2, 0) is 6.42 Å². The molecular formula is C20H26N2O.